The summed E-state index contributed by atoms with van der Waals surface area (Å²) in [6.07, 6.45) is 0.399. The summed E-state index contributed by atoms with van der Waals surface area (Å²) in [6, 6.07) is 2.05. The van der Waals surface area contributed by atoms with Crippen LogP contribution in [0.1, 0.15) is 37.7 Å². The van der Waals surface area contributed by atoms with Crippen LogP contribution in [0.5, 0.6) is 0 Å². The van der Waals surface area contributed by atoms with Crippen LogP contribution in [0.2, 0.25) is 0 Å². The van der Waals surface area contributed by atoms with E-state index in [9.17, 15) is 8.42 Å². The van der Waals surface area contributed by atoms with E-state index in [2.05, 4.69) is 5.10 Å². The summed E-state index contributed by atoms with van der Waals surface area (Å²) < 4.78 is 25.0. The Bertz CT molecular complexity index is 600. The van der Waals surface area contributed by atoms with Crippen LogP contribution in [0.15, 0.2) is 0 Å². The first-order chi connectivity index (χ1) is 7.74. The minimum absolute atomic E-state index is 0.00567. The third-order valence-corrected chi connectivity index (χ3v) is 4.39. The molecule has 0 saturated heterocycles. The molecule has 0 amide bonds. The van der Waals surface area contributed by atoms with Crippen molar-refractivity contribution in [1.82, 2.24) is 9.78 Å². The summed E-state index contributed by atoms with van der Waals surface area (Å²) >= 11 is 0. The molecule has 0 bridgehead atoms. The first-order valence-electron chi connectivity index (χ1n) is 5.46. The van der Waals surface area contributed by atoms with Gasteiger partial charge in [0.15, 0.2) is 15.5 Å². The smallest absolute Gasteiger partial charge is 0.166 e. The highest BCUT2D eigenvalue weighted by molar-refractivity contribution is 7.90. The van der Waals surface area contributed by atoms with Crippen molar-refractivity contribution in [3.8, 4) is 6.07 Å². The Kier molecular flexibility index (Phi) is 2.54. The van der Waals surface area contributed by atoms with Crippen molar-refractivity contribution in [2.45, 2.75) is 38.5 Å². The van der Waals surface area contributed by atoms with E-state index < -0.39 is 9.84 Å². The molecule has 6 heteroatoms. The summed E-state index contributed by atoms with van der Waals surface area (Å²) in [5.41, 5.74) is 1.54. The first-order valence-corrected chi connectivity index (χ1v) is 7.28. The SMILES string of the molecule is CC(C)(C)n1nc(C#N)c2c1CS(=O)(=O)CC2. The number of nitriles is 1. The lowest BCUT2D eigenvalue weighted by Crippen LogP contribution is -2.29. The summed E-state index contributed by atoms with van der Waals surface area (Å²) in [4.78, 5) is 0. The molecule has 0 N–H and O–H groups in total. The van der Waals surface area contributed by atoms with E-state index in [1.165, 1.54) is 0 Å². The minimum Gasteiger partial charge on any atom is -0.262 e. The van der Waals surface area contributed by atoms with Gasteiger partial charge in [-0.2, -0.15) is 10.4 Å². The molecule has 1 aromatic rings. The van der Waals surface area contributed by atoms with E-state index in [4.69, 9.17) is 5.26 Å². The molecule has 0 fully saturated rings. The summed E-state index contributed by atoms with van der Waals surface area (Å²) in [5, 5.41) is 13.3. The molecule has 92 valence electrons. The molecule has 0 atom stereocenters. The predicted octanol–water partition coefficient (Wildman–Crippen LogP) is 0.981. The fraction of sp³-hybridized carbons (Fsp3) is 0.636. The molecule has 0 spiro atoms. The molecule has 0 radical (unpaired) electrons. The van der Waals surface area contributed by atoms with Gasteiger partial charge in [0.05, 0.1) is 22.7 Å². The lowest BCUT2D eigenvalue weighted by atomic mass is 10.1. The maximum atomic E-state index is 11.7. The highest BCUT2D eigenvalue weighted by atomic mass is 32.2. The summed E-state index contributed by atoms with van der Waals surface area (Å²) in [7, 11) is -3.04. The number of hydrogen-bond acceptors (Lipinski definition) is 4. The molecule has 0 saturated carbocycles. The van der Waals surface area contributed by atoms with E-state index in [0.717, 1.165) is 5.56 Å². The highest BCUT2D eigenvalue weighted by Gasteiger charge is 2.31. The molecule has 0 unspecified atom stereocenters. The second kappa shape index (κ2) is 3.57. The van der Waals surface area contributed by atoms with Crippen molar-refractivity contribution < 1.29 is 8.42 Å². The van der Waals surface area contributed by atoms with Gasteiger partial charge < -0.3 is 0 Å². The molecule has 1 aliphatic rings. The largest absolute Gasteiger partial charge is 0.262 e. The molecular formula is C11H15N3O2S. The van der Waals surface area contributed by atoms with Crippen LogP contribution in [0.25, 0.3) is 0 Å². The molecule has 0 aromatic carbocycles. The topological polar surface area (TPSA) is 75.8 Å². The number of hydrogen-bond donors (Lipinski definition) is 0. The van der Waals surface area contributed by atoms with Crippen molar-refractivity contribution in [2.24, 2.45) is 0 Å². The summed E-state index contributed by atoms with van der Waals surface area (Å²) in [5.74, 6) is 0.110. The Morgan fingerprint density at radius 2 is 2.06 bits per heavy atom. The first kappa shape index (κ1) is 12.1. The maximum Gasteiger partial charge on any atom is 0.166 e. The van der Waals surface area contributed by atoms with Crippen LogP contribution in [-0.4, -0.2) is 24.0 Å². The molecule has 1 aliphatic heterocycles. The lowest BCUT2D eigenvalue weighted by molar-refractivity contribution is 0.345. The van der Waals surface area contributed by atoms with Crippen molar-refractivity contribution in [3.05, 3.63) is 17.0 Å². The highest BCUT2D eigenvalue weighted by Crippen LogP contribution is 2.28. The second-order valence-electron chi connectivity index (χ2n) is 5.31. The van der Waals surface area contributed by atoms with Crippen molar-refractivity contribution in [2.75, 3.05) is 5.75 Å². The van der Waals surface area contributed by atoms with E-state index in [1.54, 1.807) is 4.68 Å². The number of rotatable bonds is 0. The average Bonchev–Trinajstić information content (AvgIpc) is 2.53. The number of sulfone groups is 1. The Morgan fingerprint density at radius 1 is 1.41 bits per heavy atom. The van der Waals surface area contributed by atoms with Gasteiger partial charge in [0.2, 0.25) is 0 Å². The zero-order chi connectivity index (χ0) is 12.8. The van der Waals surface area contributed by atoms with E-state index in [0.29, 0.717) is 17.8 Å². The van der Waals surface area contributed by atoms with Crippen LogP contribution in [0.4, 0.5) is 0 Å². The second-order valence-corrected chi connectivity index (χ2v) is 7.49. The number of aromatic nitrogens is 2. The Balaban J connectivity index is 2.66. The molecule has 2 rings (SSSR count). The van der Waals surface area contributed by atoms with Crippen molar-refractivity contribution in [3.63, 3.8) is 0 Å². The van der Waals surface area contributed by atoms with E-state index in [1.807, 2.05) is 26.8 Å². The Morgan fingerprint density at radius 3 is 2.59 bits per heavy atom. The van der Waals surface area contributed by atoms with Crippen LogP contribution >= 0.6 is 0 Å². The monoisotopic (exact) mass is 253 g/mol. The van der Waals surface area contributed by atoms with Gasteiger partial charge in [-0.3, -0.25) is 4.68 Å². The zero-order valence-corrected chi connectivity index (χ0v) is 11.0. The van der Waals surface area contributed by atoms with Crippen LogP contribution in [0.3, 0.4) is 0 Å². The number of fused-ring (bicyclic) bond motifs is 1. The zero-order valence-electron chi connectivity index (χ0n) is 10.2. The Labute approximate surface area is 101 Å². The molecule has 5 nitrogen and oxygen atoms in total. The quantitative estimate of drug-likeness (QED) is 0.690. The van der Waals surface area contributed by atoms with Crippen LogP contribution < -0.4 is 0 Å². The van der Waals surface area contributed by atoms with Gasteiger partial charge in [0.25, 0.3) is 0 Å². The normalized spacial score (nSPS) is 18.5. The minimum atomic E-state index is -3.04. The van der Waals surface area contributed by atoms with Crippen molar-refractivity contribution >= 4 is 9.84 Å². The number of nitrogens with zero attached hydrogens (tertiary/aromatic N) is 3. The molecule has 17 heavy (non-hydrogen) atoms. The molecule has 1 aromatic heterocycles. The van der Waals surface area contributed by atoms with E-state index in [-0.39, 0.29) is 17.0 Å². The van der Waals surface area contributed by atoms with Crippen LogP contribution in [-0.2, 0) is 27.5 Å². The fourth-order valence-corrected chi connectivity index (χ4v) is 3.45. The lowest BCUT2D eigenvalue weighted by Gasteiger charge is -2.24. The van der Waals surface area contributed by atoms with Gasteiger partial charge >= 0.3 is 0 Å². The van der Waals surface area contributed by atoms with Gasteiger partial charge in [0.1, 0.15) is 6.07 Å². The molecule has 0 aliphatic carbocycles. The maximum absolute atomic E-state index is 11.7. The molecule has 2 heterocycles. The third kappa shape index (κ3) is 2.07. The third-order valence-electron chi connectivity index (χ3n) is 2.85. The van der Waals surface area contributed by atoms with E-state index >= 15 is 0 Å². The van der Waals surface area contributed by atoms with Gasteiger partial charge in [-0.1, -0.05) is 0 Å². The van der Waals surface area contributed by atoms with Gasteiger partial charge in [-0.25, -0.2) is 8.42 Å². The van der Waals surface area contributed by atoms with Crippen LogP contribution in [0, 0.1) is 11.3 Å². The predicted molar refractivity (Wildman–Crippen MR) is 63.1 cm³/mol. The van der Waals surface area contributed by atoms with Gasteiger partial charge in [-0.15, -0.1) is 0 Å². The standard InChI is InChI=1S/C11H15N3O2S/c1-11(2,3)14-10-7-17(15,16)5-4-8(10)9(6-12)13-14/h4-5,7H2,1-3H3. The van der Waals surface area contributed by atoms with Crippen molar-refractivity contribution in [1.29, 1.82) is 5.26 Å². The molecular weight excluding hydrogens is 238 g/mol. The average molecular weight is 253 g/mol. The summed E-state index contributed by atoms with van der Waals surface area (Å²) in [6.45, 7) is 5.84. The van der Waals surface area contributed by atoms with Gasteiger partial charge in [-0.05, 0) is 27.2 Å². The fourth-order valence-electron chi connectivity index (χ4n) is 2.08. The Hall–Kier alpha value is -1.35. The van der Waals surface area contributed by atoms with Gasteiger partial charge in [0, 0.05) is 5.56 Å².